The lowest BCUT2D eigenvalue weighted by molar-refractivity contribution is 0.0544. The van der Waals surface area contributed by atoms with Gasteiger partial charge >= 0.3 is 6.03 Å². The zero-order chi connectivity index (χ0) is 26.0. The molecular formula is C24H31N9O4. The standard InChI is InChI=1S/C24H31N9O4/c1-17(2)33-30-21(29-31-33)6-7-26-24(34)28-22-16-32-15-18(4-5-23(32)27-22)19-12-20(14-25-13-19)37-11-10-36-9-8-35-3/h4-5,12-17H,6-11H2,1-3H3,(H2,26,28,34). The number of nitrogens with one attached hydrogen (secondary N) is 2. The van der Waals surface area contributed by atoms with Crippen molar-refractivity contribution in [3.05, 3.63) is 48.8 Å². The molecule has 2 N–H and O–H groups in total. The summed E-state index contributed by atoms with van der Waals surface area (Å²) in [5.74, 6) is 1.66. The summed E-state index contributed by atoms with van der Waals surface area (Å²) in [4.78, 5) is 22.6. The number of amides is 2. The normalized spacial score (nSPS) is 11.2. The van der Waals surface area contributed by atoms with E-state index >= 15 is 0 Å². The number of rotatable bonds is 13. The number of pyridine rings is 2. The maximum atomic E-state index is 12.3. The minimum atomic E-state index is -0.361. The number of aromatic nitrogens is 7. The van der Waals surface area contributed by atoms with Crippen LogP contribution in [0.3, 0.4) is 0 Å². The van der Waals surface area contributed by atoms with Gasteiger partial charge in [0.1, 0.15) is 18.0 Å². The molecule has 4 heterocycles. The first kappa shape index (κ1) is 26.0. The first-order valence-electron chi connectivity index (χ1n) is 12.0. The van der Waals surface area contributed by atoms with E-state index in [4.69, 9.17) is 14.2 Å². The van der Waals surface area contributed by atoms with Crippen molar-refractivity contribution in [2.75, 3.05) is 45.4 Å². The Balaban J connectivity index is 1.30. The Kier molecular flexibility index (Phi) is 8.94. The number of hydrogen-bond acceptors (Lipinski definition) is 9. The number of carbonyl (C=O) groups excluding carboxylic acids is 1. The van der Waals surface area contributed by atoms with Crippen molar-refractivity contribution in [3.63, 3.8) is 0 Å². The number of urea groups is 1. The van der Waals surface area contributed by atoms with Crippen molar-refractivity contribution in [3.8, 4) is 16.9 Å². The molecule has 4 rings (SSSR count). The van der Waals surface area contributed by atoms with Gasteiger partial charge in [-0.15, -0.1) is 10.2 Å². The highest BCUT2D eigenvalue weighted by molar-refractivity contribution is 5.88. The molecule has 0 aliphatic heterocycles. The fourth-order valence-corrected chi connectivity index (χ4v) is 3.36. The van der Waals surface area contributed by atoms with Crippen LogP contribution in [0, 0.1) is 0 Å². The first-order valence-corrected chi connectivity index (χ1v) is 12.0. The zero-order valence-corrected chi connectivity index (χ0v) is 21.1. The highest BCUT2D eigenvalue weighted by atomic mass is 16.5. The smallest absolute Gasteiger partial charge is 0.320 e. The molecule has 4 aromatic rings. The number of tetrazole rings is 1. The minimum Gasteiger partial charge on any atom is -0.490 e. The van der Waals surface area contributed by atoms with Gasteiger partial charge in [0, 0.05) is 43.6 Å². The van der Waals surface area contributed by atoms with Crippen LogP contribution in [0.2, 0.25) is 0 Å². The van der Waals surface area contributed by atoms with Gasteiger partial charge in [0.25, 0.3) is 0 Å². The number of anilines is 1. The molecule has 0 bridgehead atoms. The molecule has 0 saturated heterocycles. The molecule has 196 valence electrons. The van der Waals surface area contributed by atoms with Crippen molar-refractivity contribution in [1.29, 1.82) is 0 Å². The highest BCUT2D eigenvalue weighted by Gasteiger charge is 2.10. The molecule has 2 amide bonds. The number of ether oxygens (including phenoxy) is 3. The Morgan fingerprint density at radius 2 is 1.95 bits per heavy atom. The van der Waals surface area contributed by atoms with Gasteiger partial charge in [0.15, 0.2) is 11.6 Å². The Hall–Kier alpha value is -4.10. The summed E-state index contributed by atoms with van der Waals surface area (Å²) in [5.41, 5.74) is 2.52. The molecule has 13 heteroatoms. The van der Waals surface area contributed by atoms with Crippen LogP contribution in [-0.4, -0.2) is 80.7 Å². The van der Waals surface area contributed by atoms with E-state index in [1.54, 1.807) is 30.5 Å². The minimum absolute atomic E-state index is 0.137. The number of fused-ring (bicyclic) bond motifs is 1. The Morgan fingerprint density at radius 1 is 1.08 bits per heavy atom. The third-order valence-electron chi connectivity index (χ3n) is 5.23. The Bertz CT molecular complexity index is 1300. The van der Waals surface area contributed by atoms with E-state index in [9.17, 15) is 4.79 Å². The van der Waals surface area contributed by atoms with E-state index < -0.39 is 0 Å². The second-order valence-electron chi connectivity index (χ2n) is 8.42. The van der Waals surface area contributed by atoms with Crippen LogP contribution in [0.1, 0.15) is 25.7 Å². The van der Waals surface area contributed by atoms with Gasteiger partial charge in [0.05, 0.1) is 38.3 Å². The van der Waals surface area contributed by atoms with Gasteiger partial charge in [-0.3, -0.25) is 10.3 Å². The molecule has 0 saturated carbocycles. The lowest BCUT2D eigenvalue weighted by Gasteiger charge is -2.08. The molecule has 4 aromatic heterocycles. The molecule has 0 atom stereocenters. The van der Waals surface area contributed by atoms with E-state index in [0.29, 0.717) is 62.4 Å². The van der Waals surface area contributed by atoms with E-state index in [1.807, 2.05) is 42.6 Å². The van der Waals surface area contributed by atoms with E-state index in [1.165, 1.54) is 0 Å². The van der Waals surface area contributed by atoms with Crippen molar-refractivity contribution < 1.29 is 19.0 Å². The summed E-state index contributed by atoms with van der Waals surface area (Å²) in [5, 5.41) is 17.8. The van der Waals surface area contributed by atoms with E-state index in [0.717, 1.165) is 11.1 Å². The maximum absolute atomic E-state index is 12.3. The molecule has 13 nitrogen and oxygen atoms in total. The van der Waals surface area contributed by atoms with Crippen molar-refractivity contribution >= 4 is 17.5 Å². The molecule has 0 radical (unpaired) electrons. The summed E-state index contributed by atoms with van der Waals surface area (Å²) in [6, 6.07) is 5.51. The molecule has 0 aliphatic carbocycles. The number of hydrogen-bond donors (Lipinski definition) is 2. The lowest BCUT2D eigenvalue weighted by atomic mass is 10.1. The average Bonchev–Trinajstić information content (AvgIpc) is 3.52. The van der Waals surface area contributed by atoms with Crippen molar-refractivity contribution in [2.24, 2.45) is 0 Å². The van der Waals surface area contributed by atoms with Crippen LogP contribution in [0.5, 0.6) is 5.75 Å². The van der Waals surface area contributed by atoms with Gasteiger partial charge in [-0.25, -0.2) is 9.78 Å². The van der Waals surface area contributed by atoms with Crippen LogP contribution in [0.15, 0.2) is 43.0 Å². The monoisotopic (exact) mass is 509 g/mol. The average molecular weight is 510 g/mol. The van der Waals surface area contributed by atoms with Crippen LogP contribution in [0.4, 0.5) is 10.6 Å². The zero-order valence-electron chi connectivity index (χ0n) is 21.1. The highest BCUT2D eigenvalue weighted by Crippen LogP contribution is 2.24. The molecule has 37 heavy (non-hydrogen) atoms. The Morgan fingerprint density at radius 3 is 2.76 bits per heavy atom. The van der Waals surface area contributed by atoms with E-state index in [-0.39, 0.29) is 12.1 Å². The third-order valence-corrected chi connectivity index (χ3v) is 5.23. The predicted molar refractivity (Wildman–Crippen MR) is 136 cm³/mol. The van der Waals surface area contributed by atoms with Crippen LogP contribution in [0.25, 0.3) is 16.8 Å². The topological polar surface area (TPSA) is 143 Å². The molecular weight excluding hydrogens is 478 g/mol. The Labute approximate surface area is 214 Å². The first-order chi connectivity index (χ1) is 18.0. The van der Waals surface area contributed by atoms with Crippen LogP contribution >= 0.6 is 0 Å². The summed E-state index contributed by atoms with van der Waals surface area (Å²) >= 11 is 0. The largest absolute Gasteiger partial charge is 0.490 e. The fraction of sp³-hybridized carbons (Fsp3) is 0.417. The lowest BCUT2D eigenvalue weighted by Crippen LogP contribution is -2.30. The number of imidazole rings is 1. The van der Waals surface area contributed by atoms with Crippen molar-refractivity contribution in [2.45, 2.75) is 26.3 Å². The van der Waals surface area contributed by atoms with Gasteiger partial charge in [0.2, 0.25) is 0 Å². The molecule has 0 aliphatic rings. The van der Waals surface area contributed by atoms with Crippen molar-refractivity contribution in [1.82, 2.24) is 39.9 Å². The number of methoxy groups -OCH3 is 1. The maximum Gasteiger partial charge on any atom is 0.320 e. The molecule has 0 aromatic carbocycles. The third kappa shape index (κ3) is 7.44. The SMILES string of the molecule is COCCOCCOc1cncc(-c2ccc3nc(NC(=O)NCCc4nnn(C(C)C)n4)cn3c2)c1. The molecule has 0 unspecified atom stereocenters. The summed E-state index contributed by atoms with van der Waals surface area (Å²) in [7, 11) is 1.63. The quantitative estimate of drug-likeness (QED) is 0.260. The summed E-state index contributed by atoms with van der Waals surface area (Å²) in [6.45, 7) is 6.29. The van der Waals surface area contributed by atoms with Crippen LogP contribution in [-0.2, 0) is 15.9 Å². The molecule has 0 fully saturated rings. The summed E-state index contributed by atoms with van der Waals surface area (Å²) in [6.07, 6.45) is 7.58. The fourth-order valence-electron chi connectivity index (χ4n) is 3.36. The van der Waals surface area contributed by atoms with Gasteiger partial charge in [-0.1, -0.05) is 0 Å². The number of carbonyl (C=O) groups is 1. The van der Waals surface area contributed by atoms with Gasteiger partial charge in [-0.2, -0.15) is 4.80 Å². The van der Waals surface area contributed by atoms with Gasteiger partial charge < -0.3 is 23.9 Å². The van der Waals surface area contributed by atoms with Crippen LogP contribution < -0.4 is 15.4 Å². The second-order valence-corrected chi connectivity index (χ2v) is 8.42. The number of nitrogens with zero attached hydrogens (tertiary/aromatic N) is 7. The van der Waals surface area contributed by atoms with E-state index in [2.05, 4.69) is 36.0 Å². The predicted octanol–water partition coefficient (Wildman–Crippen LogP) is 2.37. The summed E-state index contributed by atoms with van der Waals surface area (Å²) < 4.78 is 17.9. The van der Waals surface area contributed by atoms with Gasteiger partial charge in [-0.05, 0) is 37.3 Å². The molecule has 0 spiro atoms. The second kappa shape index (κ2) is 12.7.